The Balaban J connectivity index is 2.57. The fourth-order valence-electron chi connectivity index (χ4n) is 2.08. The van der Waals surface area contributed by atoms with E-state index in [9.17, 15) is 9.90 Å². The molecule has 1 atom stereocenters. The quantitative estimate of drug-likeness (QED) is 0.917. The van der Waals surface area contributed by atoms with Crippen molar-refractivity contribution >= 4 is 17.6 Å². The van der Waals surface area contributed by atoms with Crippen LogP contribution in [-0.4, -0.2) is 11.1 Å². The van der Waals surface area contributed by atoms with Crippen LogP contribution in [0.2, 0.25) is 5.02 Å². The molecule has 98 valence electrons. The third-order valence-electron chi connectivity index (χ3n) is 3.48. The Bertz CT molecular complexity index is 540. The van der Waals surface area contributed by atoms with E-state index in [1.807, 2.05) is 31.2 Å². The molecule has 19 heavy (non-hydrogen) atoms. The molecule has 0 saturated heterocycles. The van der Waals surface area contributed by atoms with Crippen LogP contribution in [0.15, 0.2) is 48.5 Å². The summed E-state index contributed by atoms with van der Waals surface area (Å²) in [6.45, 7) is 3.69. The first-order chi connectivity index (χ1) is 8.94. The molecule has 0 aromatic heterocycles. The van der Waals surface area contributed by atoms with Gasteiger partial charge in [-0.2, -0.15) is 0 Å². The number of carboxylic acids is 1. The number of aliphatic carboxylic acids is 1. The van der Waals surface area contributed by atoms with Crippen LogP contribution in [0.25, 0.3) is 0 Å². The van der Waals surface area contributed by atoms with Crippen molar-refractivity contribution in [1.29, 1.82) is 0 Å². The van der Waals surface area contributed by atoms with E-state index in [1.54, 1.807) is 31.2 Å². The highest BCUT2D eigenvalue weighted by atomic mass is 35.5. The average molecular weight is 275 g/mol. The molecule has 0 bridgehead atoms. The Morgan fingerprint density at radius 2 is 1.42 bits per heavy atom. The Kier molecular flexibility index (Phi) is 3.63. The minimum absolute atomic E-state index is 0.598. The van der Waals surface area contributed by atoms with Gasteiger partial charge in [-0.1, -0.05) is 53.6 Å². The Morgan fingerprint density at radius 1 is 1.00 bits per heavy atom. The molecule has 3 heteroatoms. The Labute approximate surface area is 117 Å². The zero-order chi connectivity index (χ0) is 14.0. The van der Waals surface area contributed by atoms with Gasteiger partial charge >= 0.3 is 5.97 Å². The summed E-state index contributed by atoms with van der Waals surface area (Å²) >= 11 is 5.86. The molecule has 0 aliphatic rings. The van der Waals surface area contributed by atoms with Crippen LogP contribution in [0.1, 0.15) is 23.6 Å². The van der Waals surface area contributed by atoms with Crippen molar-refractivity contribution in [2.75, 3.05) is 0 Å². The van der Waals surface area contributed by atoms with Gasteiger partial charge < -0.3 is 5.11 Å². The molecular weight excluding hydrogens is 260 g/mol. The predicted octanol–water partition coefficient (Wildman–Crippen LogP) is 4.04. The summed E-state index contributed by atoms with van der Waals surface area (Å²) < 4.78 is 0. The van der Waals surface area contributed by atoms with E-state index in [-0.39, 0.29) is 0 Å². The highest BCUT2D eigenvalue weighted by molar-refractivity contribution is 6.30. The SMILES string of the molecule is Cc1ccc(C(C)(C(=O)O)c2ccc(Cl)cc2)cc1. The molecule has 1 N–H and O–H groups in total. The number of carboxylic acid groups (broad SMARTS) is 1. The van der Waals surface area contributed by atoms with Gasteiger partial charge in [0.2, 0.25) is 0 Å². The highest BCUT2D eigenvalue weighted by Gasteiger charge is 2.37. The van der Waals surface area contributed by atoms with E-state index >= 15 is 0 Å². The molecule has 0 saturated carbocycles. The summed E-state index contributed by atoms with van der Waals surface area (Å²) in [4.78, 5) is 11.8. The van der Waals surface area contributed by atoms with Crippen molar-refractivity contribution < 1.29 is 9.90 Å². The second kappa shape index (κ2) is 5.06. The number of carbonyl (C=O) groups is 1. The van der Waals surface area contributed by atoms with Crippen LogP contribution in [0.5, 0.6) is 0 Å². The van der Waals surface area contributed by atoms with Gasteiger partial charge in [-0.25, -0.2) is 0 Å². The molecule has 0 aliphatic carbocycles. The van der Waals surface area contributed by atoms with E-state index in [4.69, 9.17) is 11.6 Å². The fourth-order valence-corrected chi connectivity index (χ4v) is 2.21. The maximum atomic E-state index is 11.8. The Morgan fingerprint density at radius 3 is 1.84 bits per heavy atom. The van der Waals surface area contributed by atoms with Crippen LogP contribution in [0, 0.1) is 6.92 Å². The lowest BCUT2D eigenvalue weighted by Crippen LogP contribution is -2.33. The molecule has 0 fully saturated rings. The van der Waals surface area contributed by atoms with Crippen LogP contribution >= 0.6 is 11.6 Å². The lowest BCUT2D eigenvalue weighted by molar-refractivity contribution is -0.141. The van der Waals surface area contributed by atoms with Gasteiger partial charge in [-0.3, -0.25) is 4.79 Å². The molecule has 0 heterocycles. The van der Waals surface area contributed by atoms with Gasteiger partial charge in [0.15, 0.2) is 0 Å². The van der Waals surface area contributed by atoms with Gasteiger partial charge in [-0.05, 0) is 37.1 Å². The van der Waals surface area contributed by atoms with Crippen LogP contribution in [0.4, 0.5) is 0 Å². The molecule has 2 nitrogen and oxygen atoms in total. The summed E-state index contributed by atoms with van der Waals surface area (Å²) in [7, 11) is 0. The van der Waals surface area contributed by atoms with Gasteiger partial charge in [0, 0.05) is 5.02 Å². The number of hydrogen-bond donors (Lipinski definition) is 1. The van der Waals surface area contributed by atoms with Crippen LogP contribution in [0.3, 0.4) is 0 Å². The summed E-state index contributed by atoms with van der Waals surface area (Å²) in [6, 6.07) is 14.5. The zero-order valence-corrected chi connectivity index (χ0v) is 11.6. The van der Waals surface area contributed by atoms with E-state index in [0.29, 0.717) is 10.6 Å². The van der Waals surface area contributed by atoms with Crippen LogP contribution < -0.4 is 0 Å². The molecule has 0 aliphatic heterocycles. The average Bonchev–Trinajstić information content (AvgIpc) is 2.39. The maximum absolute atomic E-state index is 11.8. The fraction of sp³-hybridized carbons (Fsp3) is 0.188. The molecule has 2 rings (SSSR count). The minimum Gasteiger partial charge on any atom is -0.480 e. The molecular formula is C16H15ClO2. The number of aryl methyl sites for hydroxylation is 1. The van der Waals surface area contributed by atoms with Gasteiger partial charge in [-0.15, -0.1) is 0 Å². The number of benzene rings is 2. The summed E-state index contributed by atoms with van der Waals surface area (Å²) in [5.41, 5.74) is 1.51. The van der Waals surface area contributed by atoms with Crippen molar-refractivity contribution in [3.05, 3.63) is 70.2 Å². The first-order valence-electron chi connectivity index (χ1n) is 6.01. The van der Waals surface area contributed by atoms with Gasteiger partial charge in [0.1, 0.15) is 5.41 Å². The predicted molar refractivity (Wildman–Crippen MR) is 76.7 cm³/mol. The minimum atomic E-state index is -1.07. The number of halogens is 1. The van der Waals surface area contributed by atoms with E-state index in [1.165, 1.54) is 0 Å². The van der Waals surface area contributed by atoms with E-state index in [2.05, 4.69) is 0 Å². The van der Waals surface area contributed by atoms with E-state index < -0.39 is 11.4 Å². The topological polar surface area (TPSA) is 37.3 Å². The first kappa shape index (κ1) is 13.6. The van der Waals surface area contributed by atoms with Crippen molar-refractivity contribution in [3.63, 3.8) is 0 Å². The molecule has 0 radical (unpaired) electrons. The summed E-state index contributed by atoms with van der Waals surface area (Å²) in [5, 5.41) is 10.2. The first-order valence-corrected chi connectivity index (χ1v) is 6.39. The van der Waals surface area contributed by atoms with Crippen molar-refractivity contribution in [3.8, 4) is 0 Å². The van der Waals surface area contributed by atoms with Gasteiger partial charge in [0.05, 0.1) is 0 Å². The molecule has 0 spiro atoms. The molecule has 1 unspecified atom stereocenters. The maximum Gasteiger partial charge on any atom is 0.318 e. The molecule has 2 aromatic rings. The van der Waals surface area contributed by atoms with Crippen molar-refractivity contribution in [1.82, 2.24) is 0 Å². The monoisotopic (exact) mass is 274 g/mol. The van der Waals surface area contributed by atoms with E-state index in [0.717, 1.165) is 11.1 Å². The van der Waals surface area contributed by atoms with Crippen molar-refractivity contribution in [2.24, 2.45) is 0 Å². The largest absolute Gasteiger partial charge is 0.480 e. The molecule has 0 amide bonds. The van der Waals surface area contributed by atoms with Gasteiger partial charge in [0.25, 0.3) is 0 Å². The lowest BCUT2D eigenvalue weighted by atomic mass is 9.76. The Hall–Kier alpha value is -1.80. The van der Waals surface area contributed by atoms with Crippen LogP contribution in [-0.2, 0) is 10.2 Å². The third kappa shape index (κ3) is 2.49. The normalized spacial score (nSPS) is 13.8. The summed E-state index contributed by atoms with van der Waals surface area (Å²) in [6.07, 6.45) is 0. The molecule has 2 aromatic carbocycles. The highest BCUT2D eigenvalue weighted by Crippen LogP contribution is 2.33. The second-order valence-corrected chi connectivity index (χ2v) is 5.24. The zero-order valence-electron chi connectivity index (χ0n) is 10.9. The second-order valence-electron chi connectivity index (χ2n) is 4.80. The number of rotatable bonds is 3. The number of hydrogen-bond acceptors (Lipinski definition) is 1. The third-order valence-corrected chi connectivity index (χ3v) is 3.73. The lowest BCUT2D eigenvalue weighted by Gasteiger charge is -2.26. The van der Waals surface area contributed by atoms with Crippen molar-refractivity contribution in [2.45, 2.75) is 19.3 Å². The summed E-state index contributed by atoms with van der Waals surface area (Å²) in [5.74, 6) is -0.876. The standard InChI is InChI=1S/C16H15ClO2/c1-11-3-5-12(6-4-11)16(2,15(18)19)13-7-9-14(17)10-8-13/h3-10H,1-2H3,(H,18,19). The smallest absolute Gasteiger partial charge is 0.318 e.